The fourth-order valence-electron chi connectivity index (χ4n) is 3.84. The number of ether oxygens (including phenoxy) is 3. The quantitative estimate of drug-likeness (QED) is 0.648. The maximum Gasteiger partial charge on any atom is 0.573 e. The number of rotatable bonds is 5. The minimum absolute atomic E-state index is 0.0321. The molecule has 1 saturated heterocycles. The molecule has 1 aliphatic heterocycles. The van der Waals surface area contributed by atoms with Gasteiger partial charge in [0.15, 0.2) is 0 Å². The molecule has 5 nitrogen and oxygen atoms in total. The first-order chi connectivity index (χ1) is 15.1. The van der Waals surface area contributed by atoms with E-state index < -0.39 is 24.5 Å². The maximum atomic E-state index is 12.4. The molecule has 3 rings (SSSR count). The van der Waals surface area contributed by atoms with Gasteiger partial charge in [-0.1, -0.05) is 35.9 Å². The van der Waals surface area contributed by atoms with Crippen molar-refractivity contribution in [1.29, 1.82) is 0 Å². The third kappa shape index (κ3) is 7.12. The molecular weight excluding hydrogens is 447 g/mol. The summed E-state index contributed by atoms with van der Waals surface area (Å²) in [6.07, 6.45) is -4.10. The second-order valence-corrected chi connectivity index (χ2v) is 8.37. The minimum atomic E-state index is -4.75. The van der Waals surface area contributed by atoms with Crippen molar-refractivity contribution in [2.75, 3.05) is 13.2 Å². The van der Waals surface area contributed by atoms with E-state index in [0.717, 1.165) is 11.1 Å². The van der Waals surface area contributed by atoms with E-state index in [4.69, 9.17) is 26.8 Å². The molecule has 0 saturated carbocycles. The Hall–Kier alpha value is -2.29. The summed E-state index contributed by atoms with van der Waals surface area (Å²) in [6, 6.07) is 12.3. The van der Waals surface area contributed by atoms with Crippen LogP contribution in [0.25, 0.3) is 0 Å². The Morgan fingerprint density at radius 2 is 1.62 bits per heavy atom. The highest BCUT2D eigenvalue weighted by molar-refractivity contribution is 6.30. The van der Waals surface area contributed by atoms with E-state index in [1.165, 1.54) is 12.1 Å². The molecular formula is C23H25ClF3NO4. The number of hydrogen-bond donors (Lipinski definition) is 1. The molecule has 2 aromatic rings. The Kier molecular flexibility index (Phi) is 8.03. The maximum absolute atomic E-state index is 12.4. The van der Waals surface area contributed by atoms with Crippen LogP contribution in [-0.4, -0.2) is 37.7 Å². The number of nitrogens with two attached hydrogens (primary N) is 1. The fraction of sp³-hybridized carbons (Fsp3) is 0.435. The van der Waals surface area contributed by atoms with Gasteiger partial charge in [-0.05, 0) is 61.1 Å². The van der Waals surface area contributed by atoms with Crippen LogP contribution in [0.3, 0.4) is 0 Å². The number of hydrogen-bond acceptors (Lipinski definition) is 5. The van der Waals surface area contributed by atoms with E-state index in [-0.39, 0.29) is 24.2 Å². The predicted octanol–water partition coefficient (Wildman–Crippen LogP) is 4.55. The first-order valence-electron chi connectivity index (χ1n) is 10.2. The summed E-state index contributed by atoms with van der Waals surface area (Å²) in [6.45, 7) is 2.21. The van der Waals surface area contributed by atoms with Gasteiger partial charge in [-0.3, -0.25) is 4.79 Å². The van der Waals surface area contributed by atoms with Crippen LogP contribution in [0.5, 0.6) is 5.75 Å². The predicted molar refractivity (Wildman–Crippen MR) is 113 cm³/mol. The molecule has 32 heavy (non-hydrogen) atoms. The number of benzene rings is 2. The van der Waals surface area contributed by atoms with Gasteiger partial charge in [0.2, 0.25) is 0 Å². The summed E-state index contributed by atoms with van der Waals surface area (Å²) in [5, 5.41) is 0.630. The normalized spacial score (nSPS) is 24.8. The SMILES string of the molecule is C[C@@H]1OC(=O)[C@@H](N)COC[C@H](Cc2ccc(Cl)cc2)[C@H]1Cc1ccc(OC(F)(F)F)cc1. The van der Waals surface area contributed by atoms with Crippen LogP contribution in [0.4, 0.5) is 13.2 Å². The first kappa shape index (κ1) is 24.4. The van der Waals surface area contributed by atoms with Gasteiger partial charge >= 0.3 is 12.3 Å². The van der Waals surface area contributed by atoms with E-state index in [0.29, 0.717) is 24.5 Å². The molecule has 0 unspecified atom stereocenters. The molecule has 1 heterocycles. The number of cyclic esters (lactones) is 1. The molecule has 0 amide bonds. The van der Waals surface area contributed by atoms with Crippen molar-refractivity contribution in [1.82, 2.24) is 0 Å². The van der Waals surface area contributed by atoms with Crippen molar-refractivity contribution in [2.24, 2.45) is 17.6 Å². The lowest BCUT2D eigenvalue weighted by Gasteiger charge is -2.31. The van der Waals surface area contributed by atoms with Gasteiger partial charge in [0.25, 0.3) is 0 Å². The van der Waals surface area contributed by atoms with Crippen LogP contribution in [-0.2, 0) is 27.1 Å². The van der Waals surface area contributed by atoms with Crippen LogP contribution < -0.4 is 10.5 Å². The molecule has 2 N–H and O–H groups in total. The second kappa shape index (κ2) is 10.6. The molecule has 0 bridgehead atoms. The molecule has 0 spiro atoms. The lowest BCUT2D eigenvalue weighted by molar-refractivity contribution is -0.274. The van der Waals surface area contributed by atoms with Crippen molar-refractivity contribution in [3.8, 4) is 5.75 Å². The van der Waals surface area contributed by atoms with Crippen molar-refractivity contribution >= 4 is 17.6 Å². The van der Waals surface area contributed by atoms with Crippen LogP contribution in [0.1, 0.15) is 18.1 Å². The standard InChI is InChI=1S/C23H25ClF3NO4/c1-14-20(11-16-4-8-19(9-5-16)32-23(25,26)27)17(10-15-2-6-18(24)7-3-15)12-30-13-21(28)22(29)31-14/h2-9,14,17,20-21H,10-13,28H2,1H3/t14-,17-,20-,21-/m0/s1. The number of esters is 1. The fourth-order valence-corrected chi connectivity index (χ4v) is 3.97. The first-order valence-corrected chi connectivity index (χ1v) is 10.6. The Morgan fingerprint density at radius 3 is 2.25 bits per heavy atom. The zero-order chi connectivity index (χ0) is 23.3. The molecule has 1 aliphatic rings. The number of halogens is 4. The largest absolute Gasteiger partial charge is 0.573 e. The highest BCUT2D eigenvalue weighted by Crippen LogP contribution is 2.30. The average molecular weight is 472 g/mol. The van der Waals surface area contributed by atoms with Crippen LogP contribution >= 0.6 is 11.6 Å². The molecule has 1 fully saturated rings. The summed E-state index contributed by atoms with van der Waals surface area (Å²) in [5.74, 6) is -1.02. The minimum Gasteiger partial charge on any atom is -0.461 e. The monoisotopic (exact) mass is 471 g/mol. The Labute approximate surface area is 189 Å². The topological polar surface area (TPSA) is 70.8 Å². The Balaban J connectivity index is 1.82. The molecule has 4 atom stereocenters. The van der Waals surface area contributed by atoms with Crippen molar-refractivity contribution < 1.29 is 32.2 Å². The van der Waals surface area contributed by atoms with E-state index in [1.807, 2.05) is 12.1 Å². The van der Waals surface area contributed by atoms with E-state index in [2.05, 4.69) is 4.74 Å². The Morgan fingerprint density at radius 1 is 1.03 bits per heavy atom. The highest BCUT2D eigenvalue weighted by atomic mass is 35.5. The van der Waals surface area contributed by atoms with E-state index in [9.17, 15) is 18.0 Å². The molecule has 0 aliphatic carbocycles. The summed E-state index contributed by atoms with van der Waals surface area (Å²) in [7, 11) is 0. The number of carbonyl (C=O) groups excluding carboxylic acids is 1. The number of alkyl halides is 3. The van der Waals surface area contributed by atoms with Gasteiger partial charge in [0.1, 0.15) is 17.9 Å². The molecule has 174 valence electrons. The van der Waals surface area contributed by atoms with Crippen LogP contribution in [0, 0.1) is 11.8 Å². The third-order valence-electron chi connectivity index (χ3n) is 5.48. The lowest BCUT2D eigenvalue weighted by Crippen LogP contribution is -2.39. The lowest BCUT2D eigenvalue weighted by atomic mass is 9.80. The average Bonchev–Trinajstić information content (AvgIpc) is 2.76. The third-order valence-corrected chi connectivity index (χ3v) is 5.73. The van der Waals surface area contributed by atoms with Gasteiger partial charge < -0.3 is 19.9 Å². The van der Waals surface area contributed by atoms with Crippen LogP contribution in [0.15, 0.2) is 48.5 Å². The summed E-state index contributed by atoms with van der Waals surface area (Å²) >= 11 is 5.99. The van der Waals surface area contributed by atoms with E-state index >= 15 is 0 Å². The van der Waals surface area contributed by atoms with Gasteiger partial charge in [0.05, 0.1) is 13.2 Å². The molecule has 2 aromatic carbocycles. The molecule has 9 heteroatoms. The molecule has 0 aromatic heterocycles. The van der Waals surface area contributed by atoms with Gasteiger partial charge in [-0.15, -0.1) is 13.2 Å². The summed E-state index contributed by atoms with van der Waals surface area (Å²) in [4.78, 5) is 12.2. The second-order valence-electron chi connectivity index (χ2n) is 7.94. The van der Waals surface area contributed by atoms with Gasteiger partial charge in [-0.2, -0.15) is 0 Å². The van der Waals surface area contributed by atoms with Crippen molar-refractivity contribution in [2.45, 2.75) is 38.3 Å². The summed E-state index contributed by atoms with van der Waals surface area (Å²) < 4.78 is 52.6. The van der Waals surface area contributed by atoms with E-state index in [1.54, 1.807) is 31.2 Å². The molecule has 0 radical (unpaired) electrons. The van der Waals surface area contributed by atoms with Crippen molar-refractivity contribution in [3.05, 3.63) is 64.7 Å². The Bertz CT molecular complexity index is 890. The highest BCUT2D eigenvalue weighted by Gasteiger charge is 2.34. The van der Waals surface area contributed by atoms with Gasteiger partial charge in [0, 0.05) is 10.9 Å². The smallest absolute Gasteiger partial charge is 0.461 e. The van der Waals surface area contributed by atoms with Crippen LogP contribution in [0.2, 0.25) is 5.02 Å². The zero-order valence-electron chi connectivity index (χ0n) is 17.5. The zero-order valence-corrected chi connectivity index (χ0v) is 18.2. The van der Waals surface area contributed by atoms with Crippen molar-refractivity contribution in [3.63, 3.8) is 0 Å². The van der Waals surface area contributed by atoms with Gasteiger partial charge in [-0.25, -0.2) is 0 Å². The summed E-state index contributed by atoms with van der Waals surface area (Å²) in [5.41, 5.74) is 7.67. The number of carbonyl (C=O) groups is 1.